The lowest BCUT2D eigenvalue weighted by Gasteiger charge is -2.00. The van der Waals surface area contributed by atoms with Crippen LogP contribution in [-0.4, -0.2) is 27.6 Å². The second-order valence-corrected chi connectivity index (χ2v) is 4.09. The summed E-state index contributed by atoms with van der Waals surface area (Å²) in [5.41, 5.74) is 0.823. The molecule has 0 radical (unpaired) electrons. The van der Waals surface area contributed by atoms with E-state index >= 15 is 0 Å². The number of carbonyl (C=O) groups is 1. The van der Waals surface area contributed by atoms with Crippen molar-refractivity contribution in [3.8, 4) is 11.5 Å². The fourth-order valence-corrected chi connectivity index (χ4v) is 1.54. The van der Waals surface area contributed by atoms with E-state index in [4.69, 9.17) is 4.42 Å². The molecule has 0 aliphatic rings. The SMILES string of the molecule is CCCNC(=O)CCc1nnc(-c2ccncc2)o1. The van der Waals surface area contributed by atoms with Gasteiger partial charge in [-0.2, -0.15) is 0 Å². The average Bonchev–Trinajstić information content (AvgIpc) is 2.93. The Morgan fingerprint density at radius 1 is 1.32 bits per heavy atom. The number of aromatic nitrogens is 3. The number of pyridine rings is 1. The molecule has 0 saturated heterocycles. The van der Waals surface area contributed by atoms with Gasteiger partial charge >= 0.3 is 0 Å². The molecule has 1 N–H and O–H groups in total. The molecule has 6 nitrogen and oxygen atoms in total. The Bertz CT molecular complexity index is 524. The van der Waals surface area contributed by atoms with Gasteiger partial charge in [-0.15, -0.1) is 10.2 Å². The van der Waals surface area contributed by atoms with Gasteiger partial charge in [0, 0.05) is 37.3 Å². The first-order valence-corrected chi connectivity index (χ1v) is 6.29. The molecule has 0 aliphatic heterocycles. The van der Waals surface area contributed by atoms with Crippen molar-refractivity contribution < 1.29 is 9.21 Å². The number of nitrogens with one attached hydrogen (secondary N) is 1. The average molecular weight is 260 g/mol. The zero-order valence-electron chi connectivity index (χ0n) is 10.8. The number of hydrogen-bond acceptors (Lipinski definition) is 5. The zero-order chi connectivity index (χ0) is 13.5. The van der Waals surface area contributed by atoms with E-state index < -0.39 is 0 Å². The second-order valence-electron chi connectivity index (χ2n) is 4.09. The summed E-state index contributed by atoms with van der Waals surface area (Å²) in [6.07, 6.45) is 5.07. The largest absolute Gasteiger partial charge is 0.421 e. The lowest BCUT2D eigenvalue weighted by atomic mass is 10.3. The molecule has 0 bridgehead atoms. The fraction of sp³-hybridized carbons (Fsp3) is 0.385. The smallest absolute Gasteiger partial charge is 0.247 e. The van der Waals surface area contributed by atoms with Gasteiger partial charge in [-0.25, -0.2) is 0 Å². The van der Waals surface area contributed by atoms with E-state index in [0.717, 1.165) is 12.0 Å². The van der Waals surface area contributed by atoms with Crippen LogP contribution in [0.1, 0.15) is 25.7 Å². The Morgan fingerprint density at radius 2 is 2.11 bits per heavy atom. The van der Waals surface area contributed by atoms with Gasteiger partial charge in [-0.1, -0.05) is 6.92 Å². The first kappa shape index (κ1) is 13.2. The minimum absolute atomic E-state index is 0.00510. The Morgan fingerprint density at radius 3 is 2.84 bits per heavy atom. The number of aryl methyl sites for hydroxylation is 1. The number of carbonyl (C=O) groups excluding carboxylic acids is 1. The summed E-state index contributed by atoms with van der Waals surface area (Å²) in [7, 11) is 0. The lowest BCUT2D eigenvalue weighted by molar-refractivity contribution is -0.121. The van der Waals surface area contributed by atoms with E-state index in [2.05, 4.69) is 20.5 Å². The third kappa shape index (κ3) is 3.87. The van der Waals surface area contributed by atoms with Crippen LogP contribution >= 0.6 is 0 Å². The summed E-state index contributed by atoms with van der Waals surface area (Å²) in [5, 5.41) is 10.7. The van der Waals surface area contributed by atoms with Crippen LogP contribution in [0.25, 0.3) is 11.5 Å². The van der Waals surface area contributed by atoms with Crippen LogP contribution in [0.3, 0.4) is 0 Å². The van der Waals surface area contributed by atoms with Crippen LogP contribution in [0.2, 0.25) is 0 Å². The maximum atomic E-state index is 11.4. The molecule has 2 rings (SSSR count). The Kier molecular flexibility index (Phi) is 4.60. The zero-order valence-corrected chi connectivity index (χ0v) is 10.8. The van der Waals surface area contributed by atoms with Crippen LogP contribution in [0.5, 0.6) is 0 Å². The summed E-state index contributed by atoms with van der Waals surface area (Å²) in [6.45, 7) is 2.71. The molecule has 2 aromatic heterocycles. The van der Waals surface area contributed by atoms with Crippen molar-refractivity contribution in [2.45, 2.75) is 26.2 Å². The first-order valence-electron chi connectivity index (χ1n) is 6.29. The standard InChI is InChI=1S/C13H16N4O2/c1-2-7-15-11(18)3-4-12-16-17-13(19-12)10-5-8-14-9-6-10/h5-6,8-9H,2-4,7H2,1H3,(H,15,18). The van der Waals surface area contributed by atoms with E-state index in [1.165, 1.54) is 0 Å². The van der Waals surface area contributed by atoms with Crippen molar-refractivity contribution in [1.29, 1.82) is 0 Å². The summed E-state index contributed by atoms with van der Waals surface area (Å²) < 4.78 is 5.49. The van der Waals surface area contributed by atoms with Crippen molar-refractivity contribution in [1.82, 2.24) is 20.5 Å². The normalized spacial score (nSPS) is 10.4. The fourth-order valence-electron chi connectivity index (χ4n) is 1.54. The van der Waals surface area contributed by atoms with Gasteiger partial charge in [0.2, 0.25) is 17.7 Å². The quantitative estimate of drug-likeness (QED) is 0.853. The highest BCUT2D eigenvalue weighted by Crippen LogP contribution is 2.16. The summed E-state index contributed by atoms with van der Waals surface area (Å²) in [5.74, 6) is 0.926. The molecule has 0 fully saturated rings. The van der Waals surface area contributed by atoms with Crippen molar-refractivity contribution in [3.05, 3.63) is 30.4 Å². The van der Waals surface area contributed by atoms with Gasteiger partial charge in [0.25, 0.3) is 0 Å². The summed E-state index contributed by atoms with van der Waals surface area (Å²) in [6, 6.07) is 3.59. The maximum Gasteiger partial charge on any atom is 0.247 e. The molecule has 2 aromatic rings. The van der Waals surface area contributed by atoms with E-state index in [-0.39, 0.29) is 5.91 Å². The number of rotatable bonds is 6. The van der Waals surface area contributed by atoms with Crippen molar-refractivity contribution in [2.75, 3.05) is 6.54 Å². The topological polar surface area (TPSA) is 80.9 Å². The molecule has 2 heterocycles. The monoisotopic (exact) mass is 260 g/mol. The minimum atomic E-state index is 0.00510. The first-order chi connectivity index (χ1) is 9.29. The Balaban J connectivity index is 1.90. The molecule has 1 amide bonds. The van der Waals surface area contributed by atoms with Crippen LogP contribution in [0.15, 0.2) is 28.9 Å². The summed E-state index contributed by atoms with van der Waals surface area (Å²) in [4.78, 5) is 15.4. The van der Waals surface area contributed by atoms with E-state index in [1.54, 1.807) is 24.5 Å². The van der Waals surface area contributed by atoms with Gasteiger partial charge < -0.3 is 9.73 Å². The minimum Gasteiger partial charge on any atom is -0.421 e. The highest BCUT2D eigenvalue weighted by molar-refractivity contribution is 5.75. The molecule has 0 unspecified atom stereocenters. The Hall–Kier alpha value is -2.24. The predicted molar refractivity (Wildman–Crippen MR) is 69.2 cm³/mol. The third-order valence-corrected chi connectivity index (χ3v) is 2.53. The van der Waals surface area contributed by atoms with E-state index in [9.17, 15) is 4.79 Å². The molecule has 0 spiro atoms. The molecule has 100 valence electrons. The highest BCUT2D eigenvalue weighted by Gasteiger charge is 2.09. The molecular formula is C13H16N4O2. The van der Waals surface area contributed by atoms with Gasteiger partial charge in [0.05, 0.1) is 0 Å². The third-order valence-electron chi connectivity index (χ3n) is 2.53. The van der Waals surface area contributed by atoms with Crippen molar-refractivity contribution in [3.63, 3.8) is 0 Å². The highest BCUT2D eigenvalue weighted by atomic mass is 16.4. The number of hydrogen-bond donors (Lipinski definition) is 1. The molecule has 0 atom stereocenters. The maximum absolute atomic E-state index is 11.4. The van der Waals surface area contributed by atoms with Gasteiger partial charge in [0.15, 0.2) is 0 Å². The lowest BCUT2D eigenvalue weighted by Crippen LogP contribution is -2.24. The number of nitrogens with zero attached hydrogens (tertiary/aromatic N) is 3. The Labute approximate surface area is 111 Å². The molecule has 6 heteroatoms. The van der Waals surface area contributed by atoms with E-state index in [1.807, 2.05) is 6.92 Å². The van der Waals surface area contributed by atoms with Crippen LogP contribution in [-0.2, 0) is 11.2 Å². The molecular weight excluding hydrogens is 244 g/mol. The van der Waals surface area contributed by atoms with Gasteiger partial charge in [-0.05, 0) is 18.6 Å². The van der Waals surface area contributed by atoms with E-state index in [0.29, 0.717) is 31.2 Å². The van der Waals surface area contributed by atoms with Gasteiger partial charge in [0.1, 0.15) is 0 Å². The van der Waals surface area contributed by atoms with Crippen LogP contribution < -0.4 is 5.32 Å². The molecule has 0 aliphatic carbocycles. The molecule has 0 saturated carbocycles. The predicted octanol–water partition coefficient (Wildman–Crippen LogP) is 1.59. The molecule has 19 heavy (non-hydrogen) atoms. The molecule has 0 aromatic carbocycles. The van der Waals surface area contributed by atoms with Crippen molar-refractivity contribution >= 4 is 5.91 Å². The van der Waals surface area contributed by atoms with Crippen molar-refractivity contribution in [2.24, 2.45) is 0 Å². The van der Waals surface area contributed by atoms with Crippen LogP contribution in [0.4, 0.5) is 0 Å². The number of amides is 1. The van der Waals surface area contributed by atoms with Gasteiger partial charge in [-0.3, -0.25) is 9.78 Å². The van der Waals surface area contributed by atoms with Crippen LogP contribution in [0, 0.1) is 0 Å². The summed E-state index contributed by atoms with van der Waals surface area (Å²) >= 11 is 0. The second kappa shape index (κ2) is 6.63.